The summed E-state index contributed by atoms with van der Waals surface area (Å²) in [5.41, 5.74) is 7.73. The first-order chi connectivity index (χ1) is 7.60. The minimum atomic E-state index is 0.428. The van der Waals surface area contributed by atoms with Gasteiger partial charge in [0.05, 0.1) is 7.11 Å². The fraction of sp³-hybridized carbons (Fsp3) is 0.385. The molecule has 16 heavy (non-hydrogen) atoms. The molecule has 0 atom stereocenters. The number of benzene rings is 1. The van der Waals surface area contributed by atoms with Crippen molar-refractivity contribution in [3.8, 4) is 5.75 Å². The third kappa shape index (κ3) is 3.09. The second kappa shape index (κ2) is 6.06. The Hall–Kier alpha value is -0.800. The molecule has 88 valence electrons. The fourth-order valence-electron chi connectivity index (χ4n) is 1.64. The average molecular weight is 284 g/mol. The van der Waals surface area contributed by atoms with E-state index in [4.69, 9.17) is 10.5 Å². The van der Waals surface area contributed by atoms with Gasteiger partial charge in [-0.3, -0.25) is 0 Å². The molecule has 1 rings (SSSR count). The van der Waals surface area contributed by atoms with Crippen LogP contribution >= 0.6 is 15.9 Å². The van der Waals surface area contributed by atoms with E-state index in [0.717, 1.165) is 15.8 Å². The molecule has 1 aromatic rings. The summed E-state index contributed by atoms with van der Waals surface area (Å²) < 4.78 is 6.49. The van der Waals surface area contributed by atoms with Gasteiger partial charge in [0.25, 0.3) is 0 Å². The Balaban J connectivity index is 3.21. The molecule has 0 unspecified atom stereocenters. The van der Waals surface area contributed by atoms with Crippen LogP contribution in [-0.2, 0) is 0 Å². The van der Waals surface area contributed by atoms with Crippen LogP contribution in [0.1, 0.15) is 30.9 Å². The number of halogens is 1. The molecule has 0 saturated carbocycles. The second-order valence-electron chi connectivity index (χ2n) is 3.91. The predicted molar refractivity (Wildman–Crippen MR) is 72.9 cm³/mol. The van der Waals surface area contributed by atoms with Crippen molar-refractivity contribution in [2.45, 2.75) is 19.8 Å². The highest BCUT2D eigenvalue weighted by Gasteiger charge is 2.12. The van der Waals surface area contributed by atoms with Gasteiger partial charge in [-0.05, 0) is 23.6 Å². The van der Waals surface area contributed by atoms with E-state index in [1.165, 1.54) is 5.56 Å². The number of methoxy groups -OCH3 is 1. The van der Waals surface area contributed by atoms with E-state index in [1.807, 2.05) is 18.2 Å². The Morgan fingerprint density at radius 2 is 2.12 bits per heavy atom. The Labute approximate surface area is 106 Å². The lowest BCUT2D eigenvalue weighted by atomic mass is 10.00. The van der Waals surface area contributed by atoms with E-state index < -0.39 is 0 Å². The van der Waals surface area contributed by atoms with Crippen LogP contribution < -0.4 is 10.5 Å². The molecule has 0 aliphatic heterocycles. The van der Waals surface area contributed by atoms with Crippen molar-refractivity contribution in [2.24, 2.45) is 5.73 Å². The zero-order valence-corrected chi connectivity index (χ0v) is 11.5. The van der Waals surface area contributed by atoms with E-state index in [-0.39, 0.29) is 0 Å². The van der Waals surface area contributed by atoms with Gasteiger partial charge < -0.3 is 10.5 Å². The number of ether oxygens (including phenoxy) is 1. The van der Waals surface area contributed by atoms with Crippen molar-refractivity contribution in [3.05, 3.63) is 33.8 Å². The quantitative estimate of drug-likeness (QED) is 0.917. The van der Waals surface area contributed by atoms with Gasteiger partial charge in [-0.15, -0.1) is 0 Å². The van der Waals surface area contributed by atoms with Crippen LogP contribution in [0.5, 0.6) is 5.75 Å². The van der Waals surface area contributed by atoms with Gasteiger partial charge >= 0.3 is 0 Å². The fourth-order valence-corrected chi connectivity index (χ4v) is 2.56. The molecule has 3 heteroatoms. The first-order valence-electron chi connectivity index (χ1n) is 5.34. The van der Waals surface area contributed by atoms with E-state index in [9.17, 15) is 0 Å². The van der Waals surface area contributed by atoms with Crippen molar-refractivity contribution < 1.29 is 4.74 Å². The van der Waals surface area contributed by atoms with Gasteiger partial charge in [0.1, 0.15) is 5.75 Å². The Morgan fingerprint density at radius 1 is 1.44 bits per heavy atom. The topological polar surface area (TPSA) is 35.2 Å². The van der Waals surface area contributed by atoms with Crippen LogP contribution in [0.25, 0.3) is 6.08 Å². The lowest BCUT2D eigenvalue weighted by molar-refractivity contribution is 0.407. The van der Waals surface area contributed by atoms with Crippen LogP contribution in [0.2, 0.25) is 0 Å². The van der Waals surface area contributed by atoms with Crippen molar-refractivity contribution in [3.63, 3.8) is 0 Å². The zero-order valence-electron chi connectivity index (χ0n) is 9.96. The SMILES string of the molecule is COc1cc(/C=C/CN)cc(Br)c1C(C)C. The molecule has 0 aliphatic rings. The van der Waals surface area contributed by atoms with Gasteiger partial charge in [0.15, 0.2) is 0 Å². The molecule has 0 bridgehead atoms. The van der Waals surface area contributed by atoms with Crippen molar-refractivity contribution >= 4 is 22.0 Å². The van der Waals surface area contributed by atoms with Crippen LogP contribution in [0.4, 0.5) is 0 Å². The van der Waals surface area contributed by atoms with Crippen LogP contribution in [-0.4, -0.2) is 13.7 Å². The Kier molecular flexibility index (Phi) is 5.03. The average Bonchev–Trinajstić information content (AvgIpc) is 2.24. The standard InChI is InChI=1S/C13H18BrNO/c1-9(2)13-11(14)7-10(5-4-6-15)8-12(13)16-3/h4-5,7-9H,6,15H2,1-3H3/b5-4+. The van der Waals surface area contributed by atoms with Gasteiger partial charge in [0.2, 0.25) is 0 Å². The summed E-state index contributed by atoms with van der Waals surface area (Å²) in [6, 6.07) is 4.12. The third-order valence-electron chi connectivity index (χ3n) is 2.36. The summed E-state index contributed by atoms with van der Waals surface area (Å²) in [5.74, 6) is 1.35. The minimum Gasteiger partial charge on any atom is -0.496 e. The summed E-state index contributed by atoms with van der Waals surface area (Å²) in [6.07, 6.45) is 3.92. The molecular formula is C13H18BrNO. The highest BCUT2D eigenvalue weighted by Crippen LogP contribution is 2.35. The molecule has 1 aromatic carbocycles. The van der Waals surface area contributed by atoms with E-state index >= 15 is 0 Å². The molecule has 0 spiro atoms. The van der Waals surface area contributed by atoms with Crippen LogP contribution in [0.3, 0.4) is 0 Å². The van der Waals surface area contributed by atoms with E-state index in [1.54, 1.807) is 7.11 Å². The van der Waals surface area contributed by atoms with E-state index in [2.05, 4.69) is 35.8 Å². The number of rotatable bonds is 4. The first-order valence-corrected chi connectivity index (χ1v) is 6.13. The summed E-state index contributed by atoms with van der Waals surface area (Å²) >= 11 is 3.59. The van der Waals surface area contributed by atoms with Gasteiger partial charge in [-0.25, -0.2) is 0 Å². The summed E-state index contributed by atoms with van der Waals surface area (Å²) in [5, 5.41) is 0. The largest absolute Gasteiger partial charge is 0.496 e. The maximum atomic E-state index is 5.43. The van der Waals surface area contributed by atoms with Crippen LogP contribution in [0, 0.1) is 0 Å². The smallest absolute Gasteiger partial charge is 0.124 e. The minimum absolute atomic E-state index is 0.428. The highest BCUT2D eigenvalue weighted by molar-refractivity contribution is 9.10. The maximum Gasteiger partial charge on any atom is 0.124 e. The molecule has 0 saturated heterocycles. The molecule has 0 aliphatic carbocycles. The third-order valence-corrected chi connectivity index (χ3v) is 3.01. The molecule has 0 aromatic heterocycles. The maximum absolute atomic E-state index is 5.43. The van der Waals surface area contributed by atoms with Gasteiger partial charge in [-0.1, -0.05) is 41.9 Å². The summed E-state index contributed by atoms with van der Waals surface area (Å²) in [7, 11) is 1.70. The molecule has 2 N–H and O–H groups in total. The molecule has 0 amide bonds. The lowest BCUT2D eigenvalue weighted by Crippen LogP contribution is -1.97. The number of hydrogen-bond donors (Lipinski definition) is 1. The first kappa shape index (κ1) is 13.3. The number of nitrogens with two attached hydrogens (primary N) is 1. The van der Waals surface area contributed by atoms with Crippen molar-refractivity contribution in [1.82, 2.24) is 0 Å². The molecule has 2 nitrogen and oxygen atoms in total. The van der Waals surface area contributed by atoms with Gasteiger partial charge in [0, 0.05) is 16.6 Å². The number of hydrogen-bond acceptors (Lipinski definition) is 2. The highest BCUT2D eigenvalue weighted by atomic mass is 79.9. The molecular weight excluding hydrogens is 266 g/mol. The monoisotopic (exact) mass is 283 g/mol. The van der Waals surface area contributed by atoms with E-state index in [0.29, 0.717) is 12.5 Å². The molecule has 0 heterocycles. The van der Waals surface area contributed by atoms with Crippen molar-refractivity contribution in [2.75, 3.05) is 13.7 Å². The summed E-state index contributed by atoms with van der Waals surface area (Å²) in [6.45, 7) is 4.85. The van der Waals surface area contributed by atoms with Crippen LogP contribution in [0.15, 0.2) is 22.7 Å². The lowest BCUT2D eigenvalue weighted by Gasteiger charge is -2.14. The molecule has 0 fully saturated rings. The van der Waals surface area contributed by atoms with Gasteiger partial charge in [-0.2, -0.15) is 0 Å². The van der Waals surface area contributed by atoms with Crippen molar-refractivity contribution in [1.29, 1.82) is 0 Å². The second-order valence-corrected chi connectivity index (χ2v) is 4.77. The normalized spacial score (nSPS) is 11.4. The zero-order chi connectivity index (χ0) is 12.1. The Morgan fingerprint density at radius 3 is 2.62 bits per heavy atom. The predicted octanol–water partition coefficient (Wildman–Crippen LogP) is 3.55. The Bertz CT molecular complexity index is 386. The molecule has 0 radical (unpaired) electrons. The summed E-state index contributed by atoms with van der Waals surface area (Å²) in [4.78, 5) is 0.